The number of carbonyl (C=O) groups is 1. The third-order valence-electron chi connectivity index (χ3n) is 5.19. The summed E-state index contributed by atoms with van der Waals surface area (Å²) in [5, 5.41) is 0. The first-order valence-electron chi connectivity index (χ1n) is 9.38. The van der Waals surface area contributed by atoms with Gasteiger partial charge in [-0.25, -0.2) is 0 Å². The molecule has 1 aromatic rings. The van der Waals surface area contributed by atoms with Gasteiger partial charge in [-0.05, 0) is 51.0 Å². The number of hydrogen-bond acceptors (Lipinski definition) is 5. The summed E-state index contributed by atoms with van der Waals surface area (Å²) in [5.74, 6) is 0.911. The lowest BCUT2D eigenvalue weighted by Gasteiger charge is -2.48. The molecule has 3 rings (SSSR count). The van der Waals surface area contributed by atoms with Crippen LogP contribution in [0.15, 0.2) is 24.3 Å². The fourth-order valence-electron chi connectivity index (χ4n) is 3.75. The quantitative estimate of drug-likeness (QED) is 0.777. The Kier molecular flexibility index (Phi) is 6.04. The fraction of sp³-hybridized carbons (Fsp3) is 0.650. The summed E-state index contributed by atoms with van der Waals surface area (Å²) in [6.45, 7) is 7.99. The first kappa shape index (κ1) is 19.0. The SMILES string of the molecule is COc1ccc(N2CCN(C(=O)COC[C@H]3CCCO3)CC2(C)C)cc1. The van der Waals surface area contributed by atoms with Crippen molar-refractivity contribution in [1.29, 1.82) is 0 Å². The van der Waals surface area contributed by atoms with E-state index < -0.39 is 0 Å². The van der Waals surface area contributed by atoms with Crippen molar-refractivity contribution in [1.82, 2.24) is 4.90 Å². The average Bonchev–Trinajstić information content (AvgIpc) is 3.14. The topological polar surface area (TPSA) is 51.2 Å². The normalized spacial score (nSPS) is 22.5. The maximum Gasteiger partial charge on any atom is 0.248 e. The molecule has 0 aromatic heterocycles. The Morgan fingerprint density at radius 3 is 2.65 bits per heavy atom. The molecule has 0 aliphatic carbocycles. The minimum Gasteiger partial charge on any atom is -0.497 e. The van der Waals surface area contributed by atoms with Gasteiger partial charge in [0.15, 0.2) is 0 Å². The predicted octanol–water partition coefficient (Wildman–Crippen LogP) is 2.32. The molecule has 0 saturated carbocycles. The van der Waals surface area contributed by atoms with E-state index in [2.05, 4.69) is 30.9 Å². The van der Waals surface area contributed by atoms with Gasteiger partial charge in [-0.3, -0.25) is 4.79 Å². The number of hydrogen-bond donors (Lipinski definition) is 0. The largest absolute Gasteiger partial charge is 0.497 e. The standard InChI is InChI=1S/C20H30N2O4/c1-20(2)15-21(19(23)14-25-13-18-5-4-12-26-18)10-11-22(20)16-6-8-17(24-3)9-7-16/h6-9,18H,4-5,10-15H2,1-3H3/t18-/m1/s1. The van der Waals surface area contributed by atoms with E-state index in [1.807, 2.05) is 17.0 Å². The van der Waals surface area contributed by atoms with Crippen LogP contribution in [0.3, 0.4) is 0 Å². The van der Waals surface area contributed by atoms with E-state index in [1.54, 1.807) is 7.11 Å². The van der Waals surface area contributed by atoms with Crippen molar-refractivity contribution >= 4 is 11.6 Å². The molecule has 2 aliphatic heterocycles. The van der Waals surface area contributed by atoms with Crippen LogP contribution in [0.4, 0.5) is 5.69 Å². The second-order valence-electron chi connectivity index (χ2n) is 7.63. The van der Waals surface area contributed by atoms with Crippen molar-refractivity contribution < 1.29 is 19.0 Å². The van der Waals surface area contributed by atoms with Gasteiger partial charge in [0.2, 0.25) is 5.91 Å². The molecule has 0 bridgehead atoms. The molecule has 144 valence electrons. The van der Waals surface area contributed by atoms with Crippen LogP contribution >= 0.6 is 0 Å². The number of anilines is 1. The molecule has 2 saturated heterocycles. The summed E-state index contributed by atoms with van der Waals surface area (Å²) in [5.41, 5.74) is 1.01. The van der Waals surface area contributed by atoms with Crippen LogP contribution in [0, 0.1) is 0 Å². The van der Waals surface area contributed by atoms with E-state index in [0.29, 0.717) is 19.7 Å². The second kappa shape index (κ2) is 8.27. The molecule has 1 amide bonds. The maximum absolute atomic E-state index is 12.5. The minimum atomic E-state index is -0.142. The number of piperazine rings is 1. The molecule has 1 atom stereocenters. The monoisotopic (exact) mass is 362 g/mol. The summed E-state index contributed by atoms with van der Waals surface area (Å²) in [6, 6.07) is 8.09. The van der Waals surface area contributed by atoms with Crippen molar-refractivity contribution in [2.45, 2.75) is 38.3 Å². The molecule has 2 heterocycles. The minimum absolute atomic E-state index is 0.0606. The van der Waals surface area contributed by atoms with Crippen molar-refractivity contribution in [2.24, 2.45) is 0 Å². The highest BCUT2D eigenvalue weighted by atomic mass is 16.5. The van der Waals surface area contributed by atoms with E-state index >= 15 is 0 Å². The molecule has 0 N–H and O–H groups in total. The Morgan fingerprint density at radius 1 is 1.27 bits per heavy atom. The Morgan fingerprint density at radius 2 is 2.04 bits per heavy atom. The Balaban J connectivity index is 1.52. The molecule has 6 nitrogen and oxygen atoms in total. The summed E-state index contributed by atoms with van der Waals surface area (Å²) in [4.78, 5) is 16.8. The van der Waals surface area contributed by atoms with Crippen LogP contribution in [0.25, 0.3) is 0 Å². The zero-order chi connectivity index (χ0) is 18.6. The van der Waals surface area contributed by atoms with Gasteiger partial charge >= 0.3 is 0 Å². The molecule has 0 radical (unpaired) electrons. The molecule has 2 fully saturated rings. The van der Waals surface area contributed by atoms with Gasteiger partial charge in [0, 0.05) is 31.9 Å². The predicted molar refractivity (Wildman–Crippen MR) is 101 cm³/mol. The zero-order valence-electron chi connectivity index (χ0n) is 16.1. The van der Waals surface area contributed by atoms with Crippen LogP contribution in [0.1, 0.15) is 26.7 Å². The maximum atomic E-state index is 12.5. The van der Waals surface area contributed by atoms with Gasteiger partial charge in [-0.15, -0.1) is 0 Å². The van der Waals surface area contributed by atoms with E-state index in [4.69, 9.17) is 14.2 Å². The third-order valence-corrected chi connectivity index (χ3v) is 5.19. The number of amides is 1. The lowest BCUT2D eigenvalue weighted by Crippen LogP contribution is -2.61. The highest BCUT2D eigenvalue weighted by molar-refractivity contribution is 5.78. The number of ether oxygens (including phenoxy) is 3. The summed E-state index contributed by atoms with van der Waals surface area (Å²) in [6.07, 6.45) is 2.27. The number of methoxy groups -OCH3 is 1. The van der Waals surface area contributed by atoms with Crippen molar-refractivity contribution in [3.63, 3.8) is 0 Å². The van der Waals surface area contributed by atoms with Crippen LogP contribution < -0.4 is 9.64 Å². The molecule has 0 unspecified atom stereocenters. The highest BCUT2D eigenvalue weighted by Gasteiger charge is 2.35. The highest BCUT2D eigenvalue weighted by Crippen LogP contribution is 2.29. The van der Waals surface area contributed by atoms with Gasteiger partial charge in [0.05, 0.1) is 25.4 Å². The van der Waals surface area contributed by atoms with E-state index in [1.165, 1.54) is 0 Å². The van der Waals surface area contributed by atoms with Crippen molar-refractivity contribution in [2.75, 3.05) is 51.5 Å². The number of benzene rings is 1. The lowest BCUT2D eigenvalue weighted by atomic mass is 9.97. The molecule has 6 heteroatoms. The van der Waals surface area contributed by atoms with Crippen molar-refractivity contribution in [3.8, 4) is 5.75 Å². The zero-order valence-corrected chi connectivity index (χ0v) is 16.1. The smallest absolute Gasteiger partial charge is 0.248 e. The molecule has 1 aromatic carbocycles. The number of rotatable bonds is 6. The summed E-state index contributed by atoms with van der Waals surface area (Å²) in [7, 11) is 1.67. The average molecular weight is 362 g/mol. The molecular formula is C20H30N2O4. The van der Waals surface area contributed by atoms with Gasteiger partial charge in [-0.1, -0.05) is 0 Å². The summed E-state index contributed by atoms with van der Waals surface area (Å²) >= 11 is 0. The van der Waals surface area contributed by atoms with E-state index in [-0.39, 0.29) is 24.2 Å². The van der Waals surface area contributed by atoms with E-state index in [0.717, 1.165) is 37.4 Å². The molecule has 0 spiro atoms. The van der Waals surface area contributed by atoms with Crippen LogP contribution in [-0.4, -0.2) is 69.0 Å². The first-order valence-corrected chi connectivity index (χ1v) is 9.38. The molecule has 26 heavy (non-hydrogen) atoms. The molecular weight excluding hydrogens is 332 g/mol. The van der Waals surface area contributed by atoms with Crippen LogP contribution in [0.2, 0.25) is 0 Å². The lowest BCUT2D eigenvalue weighted by molar-refractivity contribution is -0.138. The van der Waals surface area contributed by atoms with Gasteiger partial charge in [-0.2, -0.15) is 0 Å². The van der Waals surface area contributed by atoms with Gasteiger partial charge < -0.3 is 24.0 Å². The Bertz CT molecular complexity index is 596. The third kappa shape index (κ3) is 4.48. The Hall–Kier alpha value is -1.79. The molecule has 2 aliphatic rings. The second-order valence-corrected chi connectivity index (χ2v) is 7.63. The summed E-state index contributed by atoms with van der Waals surface area (Å²) < 4.78 is 16.4. The van der Waals surface area contributed by atoms with Gasteiger partial charge in [0.25, 0.3) is 0 Å². The number of carbonyl (C=O) groups excluding carboxylic acids is 1. The fourth-order valence-corrected chi connectivity index (χ4v) is 3.75. The van der Waals surface area contributed by atoms with Crippen LogP contribution in [-0.2, 0) is 14.3 Å². The van der Waals surface area contributed by atoms with Crippen LogP contribution in [0.5, 0.6) is 5.75 Å². The first-order chi connectivity index (χ1) is 12.5. The van der Waals surface area contributed by atoms with Crippen molar-refractivity contribution in [3.05, 3.63) is 24.3 Å². The number of nitrogens with zero attached hydrogens (tertiary/aromatic N) is 2. The Labute approximate surface area is 156 Å². The van der Waals surface area contributed by atoms with Gasteiger partial charge in [0.1, 0.15) is 12.4 Å². The van der Waals surface area contributed by atoms with E-state index in [9.17, 15) is 4.79 Å².